The lowest BCUT2D eigenvalue weighted by Gasteiger charge is -2.35. The molecular formula is C22H27F3N4O. The molecule has 162 valence electrons. The molecule has 0 atom stereocenters. The van der Waals surface area contributed by atoms with Crippen LogP contribution in [0.3, 0.4) is 0 Å². The lowest BCUT2D eigenvalue weighted by atomic mass is 10.1. The molecule has 1 fully saturated rings. The van der Waals surface area contributed by atoms with Gasteiger partial charge in [-0.3, -0.25) is 9.69 Å². The molecule has 0 bridgehead atoms. The van der Waals surface area contributed by atoms with Crippen molar-refractivity contribution in [3.05, 3.63) is 59.3 Å². The zero-order valence-electron chi connectivity index (χ0n) is 17.3. The van der Waals surface area contributed by atoms with Crippen LogP contribution in [0.1, 0.15) is 23.6 Å². The third-order valence-corrected chi connectivity index (χ3v) is 5.41. The molecule has 3 rings (SSSR count). The van der Waals surface area contributed by atoms with E-state index in [-0.39, 0.29) is 5.91 Å². The average molecular weight is 420 g/mol. The number of aromatic nitrogens is 1. The summed E-state index contributed by atoms with van der Waals surface area (Å²) < 4.78 is 38.0. The first-order valence-corrected chi connectivity index (χ1v) is 10.1. The van der Waals surface area contributed by atoms with Gasteiger partial charge in [0.05, 0.1) is 12.1 Å². The Bertz CT molecular complexity index is 829. The number of rotatable bonds is 6. The second-order valence-corrected chi connectivity index (χ2v) is 7.59. The maximum atomic E-state index is 12.7. The fraction of sp³-hybridized carbons (Fsp3) is 0.455. The molecule has 0 unspecified atom stereocenters. The SMILES string of the molecule is CCc1ccc(CN(C)C(=O)CN2CCN(c3ccc(C(F)(F)F)cn3)CC2)cc1. The van der Waals surface area contributed by atoms with E-state index in [9.17, 15) is 18.0 Å². The number of hydrogen-bond donors (Lipinski definition) is 0. The van der Waals surface area contributed by atoms with Crippen molar-refractivity contribution in [3.8, 4) is 0 Å². The minimum Gasteiger partial charge on any atom is -0.354 e. The number of halogens is 3. The smallest absolute Gasteiger partial charge is 0.354 e. The second-order valence-electron chi connectivity index (χ2n) is 7.59. The highest BCUT2D eigenvalue weighted by molar-refractivity contribution is 5.78. The molecular weight excluding hydrogens is 393 g/mol. The molecule has 0 aliphatic carbocycles. The van der Waals surface area contributed by atoms with Crippen molar-refractivity contribution in [1.82, 2.24) is 14.8 Å². The summed E-state index contributed by atoms with van der Waals surface area (Å²) >= 11 is 0. The molecule has 0 saturated carbocycles. The Hall–Kier alpha value is -2.61. The highest BCUT2D eigenvalue weighted by Crippen LogP contribution is 2.29. The second kappa shape index (κ2) is 9.47. The monoisotopic (exact) mass is 420 g/mol. The number of carbonyl (C=O) groups excluding carboxylic acids is 1. The van der Waals surface area contributed by atoms with Crippen molar-refractivity contribution in [2.75, 3.05) is 44.7 Å². The first-order chi connectivity index (χ1) is 14.3. The summed E-state index contributed by atoms with van der Waals surface area (Å²) in [5.41, 5.74) is 1.62. The van der Waals surface area contributed by atoms with Gasteiger partial charge in [0.1, 0.15) is 5.82 Å². The van der Waals surface area contributed by atoms with Crippen LogP contribution in [0.25, 0.3) is 0 Å². The third-order valence-electron chi connectivity index (χ3n) is 5.41. The van der Waals surface area contributed by atoms with Crippen molar-refractivity contribution in [1.29, 1.82) is 0 Å². The van der Waals surface area contributed by atoms with Crippen molar-refractivity contribution >= 4 is 11.7 Å². The van der Waals surface area contributed by atoms with Gasteiger partial charge in [-0.15, -0.1) is 0 Å². The van der Waals surface area contributed by atoms with Gasteiger partial charge >= 0.3 is 6.18 Å². The van der Waals surface area contributed by atoms with E-state index in [2.05, 4.69) is 41.1 Å². The molecule has 30 heavy (non-hydrogen) atoms. The summed E-state index contributed by atoms with van der Waals surface area (Å²) in [6.07, 6.45) is -2.52. The van der Waals surface area contributed by atoms with E-state index in [1.54, 1.807) is 11.9 Å². The van der Waals surface area contributed by atoms with Crippen LogP contribution in [0.2, 0.25) is 0 Å². The summed E-state index contributed by atoms with van der Waals surface area (Å²) in [7, 11) is 1.80. The number of amides is 1. The van der Waals surface area contributed by atoms with E-state index in [4.69, 9.17) is 0 Å². The highest BCUT2D eigenvalue weighted by Gasteiger charge is 2.31. The predicted octanol–water partition coefficient (Wildman–Crippen LogP) is 3.44. The number of benzene rings is 1. The lowest BCUT2D eigenvalue weighted by molar-refractivity contribution is -0.137. The zero-order valence-corrected chi connectivity index (χ0v) is 17.3. The van der Waals surface area contributed by atoms with Crippen LogP contribution in [0, 0.1) is 0 Å². The number of carbonyl (C=O) groups is 1. The molecule has 1 aliphatic heterocycles. The average Bonchev–Trinajstić information content (AvgIpc) is 2.74. The molecule has 2 aromatic rings. The fourth-order valence-electron chi connectivity index (χ4n) is 3.43. The molecule has 1 saturated heterocycles. The van der Waals surface area contributed by atoms with E-state index < -0.39 is 11.7 Å². The first kappa shape index (κ1) is 22.1. The Balaban J connectivity index is 1.47. The van der Waals surface area contributed by atoms with Gasteiger partial charge in [-0.1, -0.05) is 31.2 Å². The Morgan fingerprint density at radius 1 is 1.03 bits per heavy atom. The predicted molar refractivity (Wildman–Crippen MR) is 110 cm³/mol. The van der Waals surface area contributed by atoms with Gasteiger partial charge < -0.3 is 9.80 Å². The summed E-state index contributed by atoms with van der Waals surface area (Å²) in [5.74, 6) is 0.581. The molecule has 1 aromatic carbocycles. The molecule has 1 amide bonds. The van der Waals surface area contributed by atoms with Gasteiger partial charge in [-0.25, -0.2) is 4.98 Å². The Morgan fingerprint density at radius 2 is 1.67 bits per heavy atom. The third kappa shape index (κ3) is 5.72. The number of piperazine rings is 1. The number of aryl methyl sites for hydroxylation is 1. The van der Waals surface area contributed by atoms with Crippen LogP contribution >= 0.6 is 0 Å². The van der Waals surface area contributed by atoms with E-state index >= 15 is 0 Å². The van der Waals surface area contributed by atoms with Crippen molar-refractivity contribution in [2.45, 2.75) is 26.1 Å². The first-order valence-electron chi connectivity index (χ1n) is 10.1. The molecule has 0 N–H and O–H groups in total. The van der Waals surface area contributed by atoms with Crippen molar-refractivity contribution in [3.63, 3.8) is 0 Å². The van der Waals surface area contributed by atoms with Gasteiger partial charge in [0.15, 0.2) is 0 Å². The summed E-state index contributed by atoms with van der Waals surface area (Å²) in [6, 6.07) is 10.7. The quantitative estimate of drug-likeness (QED) is 0.718. The van der Waals surface area contributed by atoms with Crippen LogP contribution in [0.5, 0.6) is 0 Å². The van der Waals surface area contributed by atoms with Gasteiger partial charge in [0, 0.05) is 46.0 Å². The van der Waals surface area contributed by atoms with E-state index in [0.29, 0.717) is 45.1 Å². The molecule has 1 aliphatic rings. The maximum Gasteiger partial charge on any atom is 0.417 e. The normalized spacial score (nSPS) is 15.3. The molecule has 0 spiro atoms. The van der Waals surface area contributed by atoms with E-state index in [1.165, 1.54) is 11.6 Å². The Morgan fingerprint density at radius 3 is 2.20 bits per heavy atom. The number of alkyl halides is 3. The molecule has 2 heterocycles. The summed E-state index contributed by atoms with van der Waals surface area (Å²) in [4.78, 5) is 22.3. The number of pyridine rings is 1. The van der Waals surface area contributed by atoms with E-state index in [1.807, 2.05) is 4.90 Å². The fourth-order valence-corrected chi connectivity index (χ4v) is 3.43. The Labute approximate surface area is 175 Å². The topological polar surface area (TPSA) is 39.7 Å². The van der Waals surface area contributed by atoms with Crippen molar-refractivity contribution < 1.29 is 18.0 Å². The number of likely N-dealkylation sites (N-methyl/N-ethyl adjacent to an activating group) is 1. The standard InChI is InChI=1S/C22H27F3N4O/c1-3-17-4-6-18(7-5-17)15-27(2)21(30)16-28-10-12-29(13-11-28)20-9-8-19(14-26-20)22(23,24)25/h4-9,14H,3,10-13,15-16H2,1-2H3. The van der Waals surface area contributed by atoms with Gasteiger partial charge in [-0.05, 0) is 29.7 Å². The Kier molecular flexibility index (Phi) is 6.97. The number of hydrogen-bond acceptors (Lipinski definition) is 4. The van der Waals surface area contributed by atoms with Crippen LogP contribution in [-0.2, 0) is 23.9 Å². The largest absolute Gasteiger partial charge is 0.417 e. The van der Waals surface area contributed by atoms with Gasteiger partial charge in [-0.2, -0.15) is 13.2 Å². The molecule has 0 radical (unpaired) electrons. The van der Waals surface area contributed by atoms with Crippen LogP contribution < -0.4 is 4.90 Å². The number of nitrogens with zero attached hydrogens (tertiary/aromatic N) is 4. The number of anilines is 1. The molecule has 8 heteroatoms. The molecule has 5 nitrogen and oxygen atoms in total. The van der Waals surface area contributed by atoms with E-state index in [0.717, 1.165) is 24.2 Å². The van der Waals surface area contributed by atoms with Gasteiger partial charge in [0.2, 0.25) is 5.91 Å². The van der Waals surface area contributed by atoms with Crippen molar-refractivity contribution in [2.24, 2.45) is 0 Å². The van der Waals surface area contributed by atoms with Crippen LogP contribution in [-0.4, -0.2) is 60.5 Å². The summed E-state index contributed by atoms with van der Waals surface area (Å²) in [5, 5.41) is 0. The zero-order chi connectivity index (χ0) is 21.7. The highest BCUT2D eigenvalue weighted by atomic mass is 19.4. The van der Waals surface area contributed by atoms with Crippen LogP contribution in [0.4, 0.5) is 19.0 Å². The minimum absolute atomic E-state index is 0.0515. The minimum atomic E-state index is -4.38. The lowest BCUT2D eigenvalue weighted by Crippen LogP contribution is -2.49. The van der Waals surface area contributed by atoms with Crippen LogP contribution in [0.15, 0.2) is 42.6 Å². The maximum absolute atomic E-state index is 12.7. The van der Waals surface area contributed by atoms with Gasteiger partial charge in [0.25, 0.3) is 0 Å². The molecule has 1 aromatic heterocycles. The summed E-state index contributed by atoms with van der Waals surface area (Å²) in [6.45, 7) is 5.57.